The third-order valence-electron chi connectivity index (χ3n) is 5.24. The first-order valence-corrected chi connectivity index (χ1v) is 10.6. The van der Waals surface area contributed by atoms with Crippen LogP contribution in [0.3, 0.4) is 0 Å². The Morgan fingerprint density at radius 3 is 2.55 bits per heavy atom. The SMILES string of the molecule is Cl.Cl.O=C(Nc1ccc2c(c1F)CCNC2)C(c1ccccc1)N1CCSCC1. The Morgan fingerprint density at radius 2 is 1.83 bits per heavy atom. The zero-order chi connectivity index (χ0) is 18.6. The minimum absolute atomic E-state index is 0. The van der Waals surface area contributed by atoms with Gasteiger partial charge in [0.2, 0.25) is 5.91 Å². The van der Waals surface area contributed by atoms with Gasteiger partial charge in [0.15, 0.2) is 0 Å². The van der Waals surface area contributed by atoms with Gasteiger partial charge >= 0.3 is 0 Å². The fourth-order valence-electron chi connectivity index (χ4n) is 3.83. The summed E-state index contributed by atoms with van der Waals surface area (Å²) in [6, 6.07) is 13.0. The van der Waals surface area contributed by atoms with Gasteiger partial charge in [-0.1, -0.05) is 36.4 Å². The molecule has 2 aromatic carbocycles. The first kappa shape index (κ1) is 24.0. The van der Waals surface area contributed by atoms with Gasteiger partial charge in [-0.25, -0.2) is 4.39 Å². The summed E-state index contributed by atoms with van der Waals surface area (Å²) in [4.78, 5) is 15.4. The maximum atomic E-state index is 15.0. The summed E-state index contributed by atoms with van der Waals surface area (Å²) in [5.41, 5.74) is 2.93. The largest absolute Gasteiger partial charge is 0.322 e. The van der Waals surface area contributed by atoms with Crippen LogP contribution in [-0.4, -0.2) is 41.9 Å². The number of anilines is 1. The van der Waals surface area contributed by atoms with E-state index in [0.29, 0.717) is 13.0 Å². The molecule has 8 heteroatoms. The molecule has 4 rings (SSSR count). The van der Waals surface area contributed by atoms with Gasteiger partial charge in [-0.2, -0.15) is 11.8 Å². The number of nitrogens with one attached hydrogen (secondary N) is 2. The van der Waals surface area contributed by atoms with Crippen LogP contribution in [0.2, 0.25) is 0 Å². The Morgan fingerprint density at radius 1 is 1.10 bits per heavy atom. The second-order valence-electron chi connectivity index (χ2n) is 6.94. The van der Waals surface area contributed by atoms with Crippen LogP contribution in [0.25, 0.3) is 0 Å². The van der Waals surface area contributed by atoms with E-state index in [-0.39, 0.29) is 42.2 Å². The van der Waals surface area contributed by atoms with Crippen molar-refractivity contribution in [3.8, 4) is 0 Å². The molecule has 2 aliphatic rings. The molecule has 2 N–H and O–H groups in total. The Labute approximate surface area is 187 Å². The molecule has 29 heavy (non-hydrogen) atoms. The third-order valence-corrected chi connectivity index (χ3v) is 6.18. The molecule has 0 radical (unpaired) electrons. The van der Waals surface area contributed by atoms with Crippen LogP contribution in [0.5, 0.6) is 0 Å². The molecular formula is C21H26Cl2FN3OS. The smallest absolute Gasteiger partial charge is 0.246 e. The quantitative estimate of drug-likeness (QED) is 0.726. The summed E-state index contributed by atoms with van der Waals surface area (Å²) in [5, 5.41) is 6.12. The number of amides is 1. The van der Waals surface area contributed by atoms with E-state index in [1.54, 1.807) is 6.07 Å². The predicted octanol–water partition coefficient (Wildman–Crippen LogP) is 4.04. The molecule has 0 saturated carbocycles. The molecule has 1 saturated heterocycles. The minimum atomic E-state index is -0.399. The summed E-state index contributed by atoms with van der Waals surface area (Å²) in [6.07, 6.45) is 0.649. The van der Waals surface area contributed by atoms with E-state index in [2.05, 4.69) is 15.5 Å². The Balaban J connectivity index is 0.00000150. The predicted molar refractivity (Wildman–Crippen MR) is 123 cm³/mol. The molecule has 0 spiro atoms. The van der Waals surface area contributed by atoms with Crippen molar-refractivity contribution in [2.24, 2.45) is 0 Å². The highest BCUT2D eigenvalue weighted by molar-refractivity contribution is 7.99. The Kier molecular flexibility index (Phi) is 9.24. The summed E-state index contributed by atoms with van der Waals surface area (Å²) in [7, 11) is 0. The fourth-order valence-corrected chi connectivity index (χ4v) is 4.76. The van der Waals surface area contributed by atoms with Crippen molar-refractivity contribution in [3.63, 3.8) is 0 Å². The summed E-state index contributed by atoms with van der Waals surface area (Å²) in [5.74, 6) is 1.57. The number of hydrogen-bond donors (Lipinski definition) is 2. The molecule has 2 heterocycles. The van der Waals surface area contributed by atoms with E-state index in [9.17, 15) is 9.18 Å². The molecule has 1 atom stereocenters. The van der Waals surface area contributed by atoms with Gasteiger partial charge in [0.25, 0.3) is 0 Å². The highest BCUT2D eigenvalue weighted by Gasteiger charge is 2.29. The Bertz CT molecular complexity index is 819. The van der Waals surface area contributed by atoms with E-state index in [1.165, 1.54) is 0 Å². The van der Waals surface area contributed by atoms with Crippen molar-refractivity contribution in [2.75, 3.05) is 36.5 Å². The standard InChI is InChI=1S/C21H24FN3OS.2ClH/c22-19-17-8-9-23-14-16(17)6-7-18(19)24-21(26)20(15-4-2-1-3-5-15)25-10-12-27-13-11-25;;/h1-7,20,23H,8-14H2,(H,24,26);2*1H. The molecule has 1 fully saturated rings. The van der Waals surface area contributed by atoms with Crippen molar-refractivity contribution >= 4 is 48.2 Å². The van der Waals surface area contributed by atoms with E-state index >= 15 is 0 Å². The van der Waals surface area contributed by atoms with Crippen molar-refractivity contribution in [1.82, 2.24) is 10.2 Å². The molecule has 1 amide bonds. The molecule has 0 aliphatic carbocycles. The lowest BCUT2D eigenvalue weighted by molar-refractivity contribution is -0.121. The summed E-state index contributed by atoms with van der Waals surface area (Å²) >= 11 is 1.91. The van der Waals surface area contributed by atoms with E-state index in [4.69, 9.17) is 0 Å². The van der Waals surface area contributed by atoms with Crippen molar-refractivity contribution in [2.45, 2.75) is 19.0 Å². The number of nitrogens with zero attached hydrogens (tertiary/aromatic N) is 1. The maximum Gasteiger partial charge on any atom is 0.246 e. The number of fused-ring (bicyclic) bond motifs is 1. The monoisotopic (exact) mass is 457 g/mol. The van der Waals surface area contributed by atoms with Crippen LogP contribution in [0.15, 0.2) is 42.5 Å². The number of halogens is 3. The van der Waals surface area contributed by atoms with E-state index in [1.807, 2.05) is 48.2 Å². The number of hydrogen-bond acceptors (Lipinski definition) is 4. The van der Waals surface area contributed by atoms with Gasteiger partial charge in [0.05, 0.1) is 5.69 Å². The molecule has 0 bridgehead atoms. The second-order valence-corrected chi connectivity index (χ2v) is 8.17. The van der Waals surface area contributed by atoms with Crippen molar-refractivity contribution in [3.05, 3.63) is 65.0 Å². The van der Waals surface area contributed by atoms with Crippen molar-refractivity contribution < 1.29 is 9.18 Å². The van der Waals surface area contributed by atoms with Crippen LogP contribution in [-0.2, 0) is 17.8 Å². The number of benzene rings is 2. The fraction of sp³-hybridized carbons (Fsp3) is 0.381. The van der Waals surface area contributed by atoms with Crippen LogP contribution in [0.1, 0.15) is 22.7 Å². The van der Waals surface area contributed by atoms with Gasteiger partial charge < -0.3 is 10.6 Å². The van der Waals surface area contributed by atoms with Gasteiger partial charge in [0.1, 0.15) is 11.9 Å². The number of carbonyl (C=O) groups excluding carboxylic acids is 1. The van der Waals surface area contributed by atoms with Crippen LogP contribution in [0.4, 0.5) is 10.1 Å². The molecule has 1 unspecified atom stereocenters. The number of rotatable bonds is 4. The average Bonchev–Trinajstić information content (AvgIpc) is 2.72. The third kappa shape index (κ3) is 5.44. The minimum Gasteiger partial charge on any atom is -0.322 e. The van der Waals surface area contributed by atoms with Crippen LogP contribution >= 0.6 is 36.6 Å². The molecular weight excluding hydrogens is 432 g/mol. The van der Waals surface area contributed by atoms with E-state index in [0.717, 1.165) is 47.8 Å². The zero-order valence-electron chi connectivity index (χ0n) is 16.0. The van der Waals surface area contributed by atoms with Crippen LogP contribution in [0, 0.1) is 5.82 Å². The van der Waals surface area contributed by atoms with Gasteiger partial charge in [-0.3, -0.25) is 9.69 Å². The van der Waals surface area contributed by atoms with Gasteiger partial charge in [0, 0.05) is 31.1 Å². The highest BCUT2D eigenvalue weighted by Crippen LogP contribution is 2.28. The lowest BCUT2D eigenvalue weighted by Crippen LogP contribution is -2.42. The molecule has 0 aromatic heterocycles. The number of carbonyl (C=O) groups is 1. The maximum absolute atomic E-state index is 15.0. The zero-order valence-corrected chi connectivity index (χ0v) is 18.5. The van der Waals surface area contributed by atoms with Crippen LogP contribution < -0.4 is 10.6 Å². The first-order valence-electron chi connectivity index (χ1n) is 9.42. The van der Waals surface area contributed by atoms with Gasteiger partial charge in [-0.05, 0) is 35.7 Å². The number of thioether (sulfide) groups is 1. The average molecular weight is 458 g/mol. The van der Waals surface area contributed by atoms with Crippen molar-refractivity contribution in [1.29, 1.82) is 0 Å². The molecule has 4 nitrogen and oxygen atoms in total. The molecule has 2 aliphatic heterocycles. The van der Waals surface area contributed by atoms with E-state index < -0.39 is 6.04 Å². The second kappa shape index (κ2) is 11.2. The van der Waals surface area contributed by atoms with Gasteiger partial charge in [-0.15, -0.1) is 24.8 Å². The molecule has 2 aromatic rings. The summed E-state index contributed by atoms with van der Waals surface area (Å²) < 4.78 is 15.0. The lowest BCUT2D eigenvalue weighted by atomic mass is 9.99. The lowest BCUT2D eigenvalue weighted by Gasteiger charge is -2.33. The topological polar surface area (TPSA) is 44.4 Å². The Hall–Kier alpha value is -1.31. The molecule has 158 valence electrons. The summed E-state index contributed by atoms with van der Waals surface area (Å²) in [6.45, 7) is 3.16. The highest BCUT2D eigenvalue weighted by atomic mass is 35.5. The normalized spacial score (nSPS) is 17.3. The first-order chi connectivity index (χ1) is 13.2.